The van der Waals surface area contributed by atoms with Gasteiger partial charge in [0.15, 0.2) is 0 Å². The van der Waals surface area contributed by atoms with Crippen LogP contribution in [0.15, 0.2) is 0 Å². The van der Waals surface area contributed by atoms with Crippen LogP contribution in [0.1, 0.15) is 66.2 Å². The molecule has 21 heavy (non-hydrogen) atoms. The molecule has 0 aliphatic heterocycles. The summed E-state index contributed by atoms with van der Waals surface area (Å²) in [6.45, 7) is 10.4. The number of rotatable bonds is 7. The minimum Gasteiger partial charge on any atom is -0.394 e. The topological polar surface area (TPSA) is 35.5 Å². The summed E-state index contributed by atoms with van der Waals surface area (Å²) in [5, 5.41) is 13.8. The standard InChI is InChI=1S/C18H36N2O/c1-14(2)19-18(13-21,15-6-7-15)12-20(5)16-8-10-17(3,4)11-9-16/h14-16,19,21H,6-13H2,1-5H3. The van der Waals surface area contributed by atoms with Gasteiger partial charge in [0.2, 0.25) is 0 Å². The molecule has 2 N–H and O–H groups in total. The van der Waals surface area contributed by atoms with Crippen molar-refractivity contribution in [1.29, 1.82) is 0 Å². The molecule has 0 aromatic heterocycles. The zero-order chi connectivity index (χ0) is 15.7. The zero-order valence-corrected chi connectivity index (χ0v) is 14.8. The van der Waals surface area contributed by atoms with Crippen LogP contribution in [-0.4, -0.2) is 47.8 Å². The van der Waals surface area contributed by atoms with Gasteiger partial charge in [-0.3, -0.25) is 0 Å². The van der Waals surface area contributed by atoms with Crippen molar-refractivity contribution in [2.75, 3.05) is 20.2 Å². The molecule has 2 saturated carbocycles. The molecule has 0 spiro atoms. The Morgan fingerprint density at radius 2 is 1.76 bits per heavy atom. The van der Waals surface area contributed by atoms with E-state index in [0.717, 1.165) is 6.54 Å². The summed E-state index contributed by atoms with van der Waals surface area (Å²) < 4.78 is 0. The van der Waals surface area contributed by atoms with Gasteiger partial charge in [-0.15, -0.1) is 0 Å². The monoisotopic (exact) mass is 296 g/mol. The predicted octanol–water partition coefficient (Wildman–Crippen LogP) is 3.03. The first-order valence-electron chi connectivity index (χ1n) is 8.87. The number of hydrogen-bond acceptors (Lipinski definition) is 3. The first kappa shape index (κ1) is 17.2. The van der Waals surface area contributed by atoms with Crippen molar-refractivity contribution in [1.82, 2.24) is 10.2 Å². The molecule has 0 saturated heterocycles. The second kappa shape index (κ2) is 6.55. The van der Waals surface area contributed by atoms with Gasteiger partial charge in [0.1, 0.15) is 0 Å². The SMILES string of the molecule is CC(C)NC(CO)(CN(C)C1CCC(C)(C)CC1)C1CC1. The first-order chi connectivity index (χ1) is 9.78. The fraction of sp³-hybridized carbons (Fsp3) is 1.00. The average molecular weight is 296 g/mol. The van der Waals surface area contributed by atoms with Gasteiger partial charge in [0, 0.05) is 18.6 Å². The molecule has 0 amide bonds. The minimum atomic E-state index is -0.0874. The Kier molecular flexibility index (Phi) is 5.38. The highest BCUT2D eigenvalue weighted by molar-refractivity contribution is 5.04. The van der Waals surface area contributed by atoms with Gasteiger partial charge < -0.3 is 15.3 Å². The van der Waals surface area contributed by atoms with E-state index in [1.807, 2.05) is 0 Å². The number of likely N-dealkylation sites (N-methyl/N-ethyl adjacent to an activating group) is 1. The molecule has 0 bridgehead atoms. The molecule has 0 aromatic rings. The van der Waals surface area contributed by atoms with Gasteiger partial charge in [-0.05, 0) is 56.9 Å². The largest absolute Gasteiger partial charge is 0.394 e. The van der Waals surface area contributed by atoms with Crippen LogP contribution < -0.4 is 5.32 Å². The quantitative estimate of drug-likeness (QED) is 0.758. The second-order valence-electron chi connectivity index (χ2n) is 8.70. The molecule has 2 aliphatic rings. The summed E-state index contributed by atoms with van der Waals surface area (Å²) in [5.41, 5.74) is 0.438. The summed E-state index contributed by atoms with van der Waals surface area (Å²) in [7, 11) is 2.26. The maximum absolute atomic E-state index is 10.1. The van der Waals surface area contributed by atoms with Gasteiger partial charge in [-0.25, -0.2) is 0 Å². The highest BCUT2D eigenvalue weighted by Gasteiger charge is 2.46. The molecule has 0 radical (unpaired) electrons. The lowest BCUT2D eigenvalue weighted by Gasteiger charge is -2.44. The number of nitrogens with zero attached hydrogens (tertiary/aromatic N) is 1. The summed E-state index contributed by atoms with van der Waals surface area (Å²) in [5.74, 6) is 0.660. The number of aliphatic hydroxyl groups excluding tert-OH is 1. The molecule has 2 fully saturated rings. The summed E-state index contributed by atoms with van der Waals surface area (Å²) in [6, 6.07) is 1.12. The van der Waals surface area contributed by atoms with Crippen molar-refractivity contribution in [2.24, 2.45) is 11.3 Å². The van der Waals surface area contributed by atoms with Crippen molar-refractivity contribution >= 4 is 0 Å². The minimum absolute atomic E-state index is 0.0874. The molecule has 0 heterocycles. The maximum Gasteiger partial charge on any atom is 0.0628 e. The number of nitrogens with one attached hydrogen (secondary N) is 1. The van der Waals surface area contributed by atoms with Gasteiger partial charge in [0.25, 0.3) is 0 Å². The lowest BCUT2D eigenvalue weighted by atomic mass is 9.75. The van der Waals surface area contributed by atoms with Crippen molar-refractivity contribution < 1.29 is 5.11 Å². The van der Waals surface area contributed by atoms with Crippen LogP contribution in [0, 0.1) is 11.3 Å². The van der Waals surface area contributed by atoms with Crippen molar-refractivity contribution in [3.63, 3.8) is 0 Å². The summed E-state index contributed by atoms with van der Waals surface area (Å²) in [4.78, 5) is 2.53. The third-order valence-corrected chi connectivity index (χ3v) is 5.68. The van der Waals surface area contributed by atoms with Crippen LogP contribution >= 0.6 is 0 Å². The normalized spacial score (nSPS) is 26.3. The van der Waals surface area contributed by atoms with E-state index in [-0.39, 0.29) is 12.1 Å². The molecule has 124 valence electrons. The molecular weight excluding hydrogens is 260 g/mol. The molecule has 2 aliphatic carbocycles. The van der Waals surface area contributed by atoms with E-state index < -0.39 is 0 Å². The number of hydrogen-bond donors (Lipinski definition) is 2. The van der Waals surface area contributed by atoms with Crippen LogP contribution in [0.25, 0.3) is 0 Å². The Labute approximate surface area is 131 Å². The van der Waals surface area contributed by atoms with Crippen LogP contribution in [0.4, 0.5) is 0 Å². The van der Waals surface area contributed by atoms with E-state index in [4.69, 9.17) is 0 Å². The molecule has 1 unspecified atom stereocenters. The van der Waals surface area contributed by atoms with E-state index in [2.05, 4.69) is 45.0 Å². The molecular formula is C18H36N2O. The van der Waals surface area contributed by atoms with Crippen LogP contribution in [0.5, 0.6) is 0 Å². The smallest absolute Gasteiger partial charge is 0.0628 e. The third kappa shape index (κ3) is 4.43. The Morgan fingerprint density at radius 3 is 2.19 bits per heavy atom. The number of aliphatic hydroxyl groups is 1. The van der Waals surface area contributed by atoms with Crippen molar-refractivity contribution in [3.05, 3.63) is 0 Å². The molecule has 0 aromatic carbocycles. The Bertz CT molecular complexity index is 328. The summed E-state index contributed by atoms with van der Waals surface area (Å²) in [6.07, 6.45) is 7.80. The van der Waals surface area contributed by atoms with E-state index in [9.17, 15) is 5.11 Å². The van der Waals surface area contributed by atoms with Crippen molar-refractivity contribution in [3.8, 4) is 0 Å². The highest BCUT2D eigenvalue weighted by atomic mass is 16.3. The molecule has 2 rings (SSSR count). The maximum atomic E-state index is 10.1. The van der Waals surface area contributed by atoms with E-state index in [1.54, 1.807) is 0 Å². The third-order valence-electron chi connectivity index (χ3n) is 5.68. The molecule has 3 nitrogen and oxygen atoms in total. The predicted molar refractivity (Wildman–Crippen MR) is 89.5 cm³/mol. The first-order valence-corrected chi connectivity index (χ1v) is 8.87. The van der Waals surface area contributed by atoms with Gasteiger partial charge in [0.05, 0.1) is 12.1 Å². The highest BCUT2D eigenvalue weighted by Crippen LogP contribution is 2.42. The lowest BCUT2D eigenvalue weighted by Crippen LogP contribution is -2.60. The molecule has 1 atom stereocenters. The second-order valence-corrected chi connectivity index (χ2v) is 8.70. The van der Waals surface area contributed by atoms with E-state index in [0.29, 0.717) is 23.4 Å². The van der Waals surface area contributed by atoms with Gasteiger partial charge in [-0.1, -0.05) is 27.7 Å². The zero-order valence-electron chi connectivity index (χ0n) is 14.8. The summed E-state index contributed by atoms with van der Waals surface area (Å²) >= 11 is 0. The fourth-order valence-electron chi connectivity index (χ4n) is 4.13. The molecule has 3 heteroatoms. The lowest BCUT2D eigenvalue weighted by molar-refractivity contribution is 0.0554. The fourth-order valence-corrected chi connectivity index (χ4v) is 4.13. The average Bonchev–Trinajstić information content (AvgIpc) is 3.21. The Balaban J connectivity index is 1.96. The van der Waals surface area contributed by atoms with Crippen LogP contribution in [0.3, 0.4) is 0 Å². The van der Waals surface area contributed by atoms with Crippen molar-refractivity contribution in [2.45, 2.75) is 83.8 Å². The van der Waals surface area contributed by atoms with Crippen LogP contribution in [0.2, 0.25) is 0 Å². The van der Waals surface area contributed by atoms with E-state index in [1.165, 1.54) is 38.5 Å². The Morgan fingerprint density at radius 1 is 1.19 bits per heavy atom. The Hall–Kier alpha value is -0.120. The van der Waals surface area contributed by atoms with Gasteiger partial charge >= 0.3 is 0 Å². The van der Waals surface area contributed by atoms with Gasteiger partial charge in [-0.2, -0.15) is 0 Å². The van der Waals surface area contributed by atoms with Crippen LogP contribution in [-0.2, 0) is 0 Å². The van der Waals surface area contributed by atoms with E-state index >= 15 is 0 Å².